The Balaban J connectivity index is 1.89. The molecule has 2 unspecified atom stereocenters. The highest BCUT2D eigenvalue weighted by Crippen LogP contribution is 2.24. The third kappa shape index (κ3) is 3.06. The fourth-order valence-electron chi connectivity index (χ4n) is 2.36. The molecule has 1 saturated heterocycles. The van der Waals surface area contributed by atoms with Crippen molar-refractivity contribution in [2.45, 2.75) is 44.4 Å². The molecule has 16 heavy (non-hydrogen) atoms. The van der Waals surface area contributed by atoms with Gasteiger partial charge in [-0.1, -0.05) is 6.08 Å². The van der Waals surface area contributed by atoms with E-state index in [0.717, 1.165) is 19.4 Å². The minimum Gasteiger partial charge on any atom is -0.375 e. The summed E-state index contributed by atoms with van der Waals surface area (Å²) in [6, 6.07) is 0.329. The first-order valence-corrected chi connectivity index (χ1v) is 7.39. The summed E-state index contributed by atoms with van der Waals surface area (Å²) in [5.74, 6) is 0.199. The van der Waals surface area contributed by atoms with Gasteiger partial charge in [0.2, 0.25) is 0 Å². The number of hydrogen-bond donors (Lipinski definition) is 1. The summed E-state index contributed by atoms with van der Waals surface area (Å²) in [5, 5.41) is 4.70. The number of sulfone groups is 1. The van der Waals surface area contributed by atoms with Crippen LogP contribution in [0.1, 0.15) is 26.7 Å². The largest absolute Gasteiger partial charge is 0.375 e. The predicted octanol–water partition coefficient (Wildman–Crippen LogP) is 0.844. The molecule has 0 radical (unpaired) electrons. The van der Waals surface area contributed by atoms with Crippen LogP contribution in [-0.2, 0) is 14.6 Å². The zero-order valence-electron chi connectivity index (χ0n) is 9.77. The molecule has 1 N–H and O–H groups in total. The SMILES string of the molecule is CC1(C)CC(NC2C=CS(=O)(=O)C2)CCO1. The van der Waals surface area contributed by atoms with Gasteiger partial charge in [0, 0.05) is 24.1 Å². The molecule has 0 aromatic heterocycles. The van der Waals surface area contributed by atoms with Gasteiger partial charge in [0.05, 0.1) is 11.4 Å². The van der Waals surface area contributed by atoms with Gasteiger partial charge in [-0.05, 0) is 26.7 Å². The highest BCUT2D eigenvalue weighted by Gasteiger charge is 2.31. The van der Waals surface area contributed by atoms with Crippen molar-refractivity contribution in [1.82, 2.24) is 5.32 Å². The fourth-order valence-corrected chi connectivity index (χ4v) is 3.60. The van der Waals surface area contributed by atoms with Gasteiger partial charge in [0.15, 0.2) is 9.84 Å². The minimum absolute atomic E-state index is 0.0242. The van der Waals surface area contributed by atoms with E-state index in [2.05, 4.69) is 19.2 Å². The van der Waals surface area contributed by atoms with E-state index in [1.165, 1.54) is 5.41 Å². The maximum atomic E-state index is 11.3. The average molecular weight is 245 g/mol. The molecule has 92 valence electrons. The molecule has 2 rings (SSSR count). The second-order valence-electron chi connectivity index (χ2n) is 5.23. The molecule has 0 aromatic rings. The Hall–Kier alpha value is -0.390. The van der Waals surface area contributed by atoms with E-state index in [-0.39, 0.29) is 17.4 Å². The topological polar surface area (TPSA) is 55.4 Å². The van der Waals surface area contributed by atoms with E-state index in [0.29, 0.717) is 6.04 Å². The van der Waals surface area contributed by atoms with E-state index >= 15 is 0 Å². The second kappa shape index (κ2) is 4.13. The molecule has 0 saturated carbocycles. The fraction of sp³-hybridized carbons (Fsp3) is 0.818. The lowest BCUT2D eigenvalue weighted by Gasteiger charge is -2.36. The number of hydrogen-bond acceptors (Lipinski definition) is 4. The Morgan fingerprint density at radius 3 is 2.75 bits per heavy atom. The van der Waals surface area contributed by atoms with Crippen LogP contribution in [0.4, 0.5) is 0 Å². The first kappa shape index (κ1) is 12.1. The summed E-state index contributed by atoms with van der Waals surface area (Å²) in [7, 11) is -2.95. The molecule has 2 aliphatic heterocycles. The Morgan fingerprint density at radius 1 is 1.44 bits per heavy atom. The summed E-state index contributed by atoms with van der Waals surface area (Å²) in [6.45, 7) is 4.89. The first-order chi connectivity index (χ1) is 7.36. The molecule has 1 fully saturated rings. The highest BCUT2D eigenvalue weighted by atomic mass is 32.2. The zero-order valence-corrected chi connectivity index (χ0v) is 10.6. The second-order valence-corrected chi connectivity index (χ2v) is 7.16. The van der Waals surface area contributed by atoms with Gasteiger partial charge in [-0.15, -0.1) is 0 Å². The molecule has 0 aliphatic carbocycles. The summed E-state index contributed by atoms with van der Waals surface area (Å²) >= 11 is 0. The van der Waals surface area contributed by atoms with Crippen molar-refractivity contribution in [1.29, 1.82) is 0 Å². The maximum Gasteiger partial charge on any atom is 0.173 e. The molecular formula is C11H19NO3S. The van der Waals surface area contributed by atoms with Crippen molar-refractivity contribution in [2.75, 3.05) is 12.4 Å². The van der Waals surface area contributed by atoms with Gasteiger partial charge in [0.25, 0.3) is 0 Å². The van der Waals surface area contributed by atoms with Crippen LogP contribution in [0.2, 0.25) is 0 Å². The molecule has 4 nitrogen and oxygen atoms in total. The minimum atomic E-state index is -2.95. The zero-order chi connectivity index (χ0) is 11.8. The Morgan fingerprint density at radius 2 is 2.19 bits per heavy atom. The third-order valence-electron chi connectivity index (χ3n) is 3.08. The molecule has 0 bridgehead atoms. The van der Waals surface area contributed by atoms with E-state index in [9.17, 15) is 8.42 Å². The summed E-state index contributed by atoms with van der Waals surface area (Å²) in [5.41, 5.74) is -0.100. The molecule has 0 amide bonds. The molecule has 0 spiro atoms. The summed E-state index contributed by atoms with van der Waals surface area (Å²) in [6.07, 6.45) is 3.63. The molecular weight excluding hydrogens is 226 g/mol. The maximum absolute atomic E-state index is 11.3. The highest BCUT2D eigenvalue weighted by molar-refractivity contribution is 7.94. The summed E-state index contributed by atoms with van der Waals surface area (Å²) < 4.78 is 28.1. The first-order valence-electron chi connectivity index (χ1n) is 5.67. The van der Waals surface area contributed by atoms with E-state index < -0.39 is 9.84 Å². The van der Waals surface area contributed by atoms with E-state index in [1.54, 1.807) is 6.08 Å². The van der Waals surface area contributed by atoms with E-state index in [1.807, 2.05) is 0 Å². The van der Waals surface area contributed by atoms with Gasteiger partial charge in [-0.25, -0.2) is 8.42 Å². The molecule has 5 heteroatoms. The van der Waals surface area contributed by atoms with Crippen LogP contribution in [-0.4, -0.2) is 38.5 Å². The quantitative estimate of drug-likeness (QED) is 0.783. The average Bonchev–Trinajstić information content (AvgIpc) is 2.43. The van der Waals surface area contributed by atoms with Crippen molar-refractivity contribution in [3.63, 3.8) is 0 Å². The number of rotatable bonds is 2. The van der Waals surface area contributed by atoms with Crippen LogP contribution >= 0.6 is 0 Å². The Kier molecular flexibility index (Phi) is 3.11. The predicted molar refractivity (Wildman–Crippen MR) is 62.9 cm³/mol. The molecule has 2 heterocycles. The van der Waals surface area contributed by atoms with Crippen molar-refractivity contribution >= 4 is 9.84 Å². The standard InChI is InChI=1S/C11H19NO3S/c1-11(2)7-9(3-5-15-11)12-10-4-6-16(13,14)8-10/h4,6,9-10,12H,3,5,7-8H2,1-2H3. The van der Waals surface area contributed by atoms with Gasteiger partial charge in [-0.2, -0.15) is 0 Å². The lowest BCUT2D eigenvalue weighted by Crippen LogP contribution is -2.47. The molecule has 0 aromatic carbocycles. The normalized spacial score (nSPS) is 36.4. The van der Waals surface area contributed by atoms with Crippen molar-refractivity contribution < 1.29 is 13.2 Å². The van der Waals surface area contributed by atoms with Gasteiger partial charge < -0.3 is 10.1 Å². The van der Waals surface area contributed by atoms with Crippen LogP contribution in [0, 0.1) is 0 Å². The van der Waals surface area contributed by atoms with Crippen molar-refractivity contribution in [3.05, 3.63) is 11.5 Å². The van der Waals surface area contributed by atoms with Gasteiger partial charge in [-0.3, -0.25) is 0 Å². The number of nitrogens with one attached hydrogen (secondary N) is 1. The van der Waals surface area contributed by atoms with Gasteiger partial charge >= 0.3 is 0 Å². The van der Waals surface area contributed by atoms with Crippen molar-refractivity contribution in [2.24, 2.45) is 0 Å². The third-order valence-corrected chi connectivity index (χ3v) is 4.47. The van der Waals surface area contributed by atoms with Crippen LogP contribution < -0.4 is 5.32 Å². The monoisotopic (exact) mass is 245 g/mol. The lowest BCUT2D eigenvalue weighted by molar-refractivity contribution is -0.0633. The Bertz CT molecular complexity index is 386. The Labute approximate surface area is 97.0 Å². The lowest BCUT2D eigenvalue weighted by atomic mass is 9.93. The van der Waals surface area contributed by atoms with Crippen LogP contribution in [0.25, 0.3) is 0 Å². The van der Waals surface area contributed by atoms with Crippen LogP contribution in [0.15, 0.2) is 11.5 Å². The molecule has 2 aliphatic rings. The van der Waals surface area contributed by atoms with Crippen LogP contribution in [0.5, 0.6) is 0 Å². The van der Waals surface area contributed by atoms with Gasteiger partial charge in [0.1, 0.15) is 0 Å². The number of ether oxygens (including phenoxy) is 1. The smallest absolute Gasteiger partial charge is 0.173 e. The van der Waals surface area contributed by atoms with Crippen LogP contribution in [0.3, 0.4) is 0 Å². The summed E-state index contributed by atoms with van der Waals surface area (Å²) in [4.78, 5) is 0. The van der Waals surface area contributed by atoms with Crippen molar-refractivity contribution in [3.8, 4) is 0 Å². The van der Waals surface area contributed by atoms with E-state index in [4.69, 9.17) is 4.74 Å². The molecule has 2 atom stereocenters.